The fraction of sp³-hybridized carbons (Fsp3) is 0.263. The minimum absolute atomic E-state index is 0.00745. The molecule has 9 heteroatoms. The highest BCUT2D eigenvalue weighted by molar-refractivity contribution is 6.11. The normalized spacial score (nSPS) is 13.8. The molecular formula is C38H35F2N3O4. The Morgan fingerprint density at radius 1 is 0.915 bits per heavy atom. The van der Waals surface area contributed by atoms with Crippen molar-refractivity contribution in [1.82, 2.24) is 14.5 Å². The number of pyridine rings is 1. The van der Waals surface area contributed by atoms with E-state index in [0.29, 0.717) is 28.7 Å². The highest BCUT2D eigenvalue weighted by atomic mass is 19.1. The Morgan fingerprint density at radius 3 is 2.23 bits per heavy atom. The molecule has 0 radical (unpaired) electrons. The van der Waals surface area contributed by atoms with Gasteiger partial charge < -0.3 is 4.74 Å². The molecular weight excluding hydrogens is 600 g/mol. The van der Waals surface area contributed by atoms with Crippen LogP contribution in [0.4, 0.5) is 13.6 Å². The van der Waals surface area contributed by atoms with Gasteiger partial charge in [-0.05, 0) is 99.2 Å². The molecule has 0 N–H and O–H groups in total. The molecule has 0 bridgehead atoms. The van der Waals surface area contributed by atoms with Gasteiger partial charge in [0.2, 0.25) is 5.95 Å². The van der Waals surface area contributed by atoms with Crippen LogP contribution in [0.15, 0.2) is 84.9 Å². The molecule has 0 saturated heterocycles. The fourth-order valence-corrected chi connectivity index (χ4v) is 5.89. The van der Waals surface area contributed by atoms with Gasteiger partial charge in [0, 0.05) is 36.1 Å². The number of hydrogen-bond acceptors (Lipinski definition) is 5. The fourth-order valence-electron chi connectivity index (χ4n) is 5.89. The second-order valence-electron chi connectivity index (χ2n) is 13.2. The van der Waals surface area contributed by atoms with E-state index >= 15 is 4.39 Å². The number of imide groups is 1. The highest BCUT2D eigenvalue weighted by Crippen LogP contribution is 2.51. The highest BCUT2D eigenvalue weighted by Gasteiger charge is 2.45. The zero-order chi connectivity index (χ0) is 33.7. The van der Waals surface area contributed by atoms with Crippen LogP contribution in [0, 0.1) is 18.7 Å². The maximum absolute atomic E-state index is 15.9. The van der Waals surface area contributed by atoms with Crippen LogP contribution >= 0.6 is 0 Å². The van der Waals surface area contributed by atoms with Crippen LogP contribution in [0.5, 0.6) is 0 Å². The van der Waals surface area contributed by atoms with Crippen LogP contribution in [0.1, 0.15) is 71.9 Å². The second-order valence-corrected chi connectivity index (χ2v) is 13.2. The number of Topliss-reactive ketones (excluding diaryl/α,β-unsaturated/α-hetero) is 1. The molecule has 2 aromatic heterocycles. The number of halogens is 2. The molecule has 1 aliphatic carbocycles. The van der Waals surface area contributed by atoms with Crippen LogP contribution in [-0.4, -0.2) is 44.9 Å². The van der Waals surface area contributed by atoms with E-state index in [-0.39, 0.29) is 28.0 Å². The van der Waals surface area contributed by atoms with Gasteiger partial charge in [0.05, 0.1) is 11.1 Å². The van der Waals surface area contributed by atoms with Crippen molar-refractivity contribution in [3.8, 4) is 22.4 Å². The molecule has 2 amide bonds. The molecule has 5 aromatic rings. The number of aromatic nitrogens is 2. The van der Waals surface area contributed by atoms with Crippen LogP contribution < -0.4 is 0 Å². The number of aryl methyl sites for hydroxylation is 1. The number of nitrogens with zero attached hydrogens (tertiary/aromatic N) is 3. The van der Waals surface area contributed by atoms with Gasteiger partial charge in [-0.25, -0.2) is 18.6 Å². The first-order valence-electron chi connectivity index (χ1n) is 15.5. The topological polar surface area (TPSA) is 81.0 Å². The summed E-state index contributed by atoms with van der Waals surface area (Å²) in [5.41, 5.74) is 2.91. The van der Waals surface area contributed by atoms with Gasteiger partial charge in [0.15, 0.2) is 5.78 Å². The first kappa shape index (κ1) is 31.8. The predicted octanol–water partition coefficient (Wildman–Crippen LogP) is 8.57. The minimum atomic E-state index is -0.894. The average molecular weight is 636 g/mol. The Balaban J connectivity index is 1.44. The Hall–Kier alpha value is -5.18. The number of hydrogen-bond donors (Lipinski definition) is 0. The van der Waals surface area contributed by atoms with E-state index in [0.717, 1.165) is 33.4 Å². The largest absolute Gasteiger partial charge is 0.443 e. The van der Waals surface area contributed by atoms with Gasteiger partial charge in [0.25, 0.3) is 5.91 Å². The maximum atomic E-state index is 15.9. The van der Waals surface area contributed by atoms with Crippen LogP contribution in [0.2, 0.25) is 0 Å². The zero-order valence-corrected chi connectivity index (χ0v) is 26.9. The molecule has 1 fully saturated rings. The molecule has 0 atom stereocenters. The van der Waals surface area contributed by atoms with Gasteiger partial charge in [-0.2, -0.15) is 9.49 Å². The van der Waals surface area contributed by atoms with Gasteiger partial charge >= 0.3 is 6.09 Å². The van der Waals surface area contributed by atoms with Crippen molar-refractivity contribution in [2.45, 2.75) is 58.0 Å². The number of ether oxygens (including phenoxy) is 1. The van der Waals surface area contributed by atoms with E-state index in [9.17, 15) is 18.8 Å². The summed E-state index contributed by atoms with van der Waals surface area (Å²) in [5.74, 6) is -2.05. The lowest BCUT2D eigenvalue weighted by Gasteiger charge is -2.23. The maximum Gasteiger partial charge on any atom is 0.417 e. The van der Waals surface area contributed by atoms with Crippen molar-refractivity contribution in [1.29, 1.82) is 0 Å². The third-order valence-electron chi connectivity index (χ3n) is 8.60. The lowest BCUT2D eigenvalue weighted by atomic mass is 9.87. The Bertz CT molecular complexity index is 2020. The number of carbonyl (C=O) groups excluding carboxylic acids is 3. The van der Waals surface area contributed by atoms with E-state index in [2.05, 4.69) is 17.2 Å². The van der Waals surface area contributed by atoms with Crippen molar-refractivity contribution >= 4 is 23.3 Å². The smallest absolute Gasteiger partial charge is 0.417 e. The zero-order valence-electron chi connectivity index (χ0n) is 26.9. The molecule has 6 rings (SSSR count). The van der Waals surface area contributed by atoms with Crippen LogP contribution in [0.25, 0.3) is 27.9 Å². The first-order valence-corrected chi connectivity index (χ1v) is 15.5. The summed E-state index contributed by atoms with van der Waals surface area (Å²) in [6.45, 7) is 6.90. The quantitative estimate of drug-likeness (QED) is 0.132. The number of fused-ring (bicyclic) bond motifs is 1. The average Bonchev–Trinajstić information content (AvgIpc) is 3.71. The Labute approximate surface area is 271 Å². The summed E-state index contributed by atoms with van der Waals surface area (Å²) in [5, 5.41) is 4.39. The van der Waals surface area contributed by atoms with E-state index in [1.54, 1.807) is 39.0 Å². The van der Waals surface area contributed by atoms with Crippen molar-refractivity contribution in [2.24, 2.45) is 0 Å². The number of rotatable bonds is 7. The lowest BCUT2D eigenvalue weighted by molar-refractivity contribution is 0.0285. The molecule has 240 valence electrons. The summed E-state index contributed by atoms with van der Waals surface area (Å²) >= 11 is 0. The second kappa shape index (κ2) is 11.9. The lowest BCUT2D eigenvalue weighted by Crippen LogP contribution is -2.38. The van der Waals surface area contributed by atoms with Crippen molar-refractivity contribution in [3.63, 3.8) is 0 Å². The number of amides is 2. The van der Waals surface area contributed by atoms with E-state index in [4.69, 9.17) is 4.74 Å². The summed E-state index contributed by atoms with van der Waals surface area (Å²) in [4.78, 5) is 41.3. The third-order valence-corrected chi connectivity index (χ3v) is 8.60. The van der Waals surface area contributed by atoms with Crippen LogP contribution in [0.3, 0.4) is 0 Å². The number of benzene rings is 3. The minimum Gasteiger partial charge on any atom is -0.443 e. The van der Waals surface area contributed by atoms with Crippen molar-refractivity contribution < 1.29 is 27.9 Å². The predicted molar refractivity (Wildman–Crippen MR) is 175 cm³/mol. The first-order chi connectivity index (χ1) is 22.3. The molecule has 0 spiro atoms. The van der Waals surface area contributed by atoms with Gasteiger partial charge in [-0.15, -0.1) is 0 Å². The molecule has 47 heavy (non-hydrogen) atoms. The molecule has 3 aromatic carbocycles. The third kappa shape index (κ3) is 6.30. The summed E-state index contributed by atoms with van der Waals surface area (Å²) in [6.07, 6.45) is 1.35. The number of carbonyl (C=O) groups is 3. The standard InChI is InChI=1S/C38H35F2N3O4/c1-23-11-12-25(31(44)22-38(17-18-38)27-9-7-6-8-10-27)19-29(23)26-20-30-33(35(45)42(5)36(46)47-37(2,3)4)34(41-43(30)32(40)21-26)24-13-15-28(39)16-14-24/h6-16,19-21H,17-18,22H2,1-5H3. The van der Waals surface area contributed by atoms with E-state index in [1.807, 2.05) is 31.2 Å². The van der Waals surface area contributed by atoms with Crippen molar-refractivity contribution in [3.05, 3.63) is 119 Å². The molecule has 0 aliphatic heterocycles. The van der Waals surface area contributed by atoms with E-state index in [1.165, 1.54) is 37.4 Å². The molecule has 2 heterocycles. The molecule has 7 nitrogen and oxygen atoms in total. The Kier molecular flexibility index (Phi) is 8.03. The van der Waals surface area contributed by atoms with Gasteiger partial charge in [0.1, 0.15) is 17.1 Å². The molecule has 1 saturated carbocycles. The van der Waals surface area contributed by atoms with Gasteiger partial charge in [-0.3, -0.25) is 9.59 Å². The van der Waals surface area contributed by atoms with Crippen molar-refractivity contribution in [2.75, 3.05) is 7.05 Å². The Morgan fingerprint density at radius 2 is 1.60 bits per heavy atom. The van der Waals surface area contributed by atoms with Crippen LogP contribution in [-0.2, 0) is 10.2 Å². The summed E-state index contributed by atoms with van der Waals surface area (Å²) < 4.78 is 36.1. The number of ketones is 1. The van der Waals surface area contributed by atoms with Gasteiger partial charge in [-0.1, -0.05) is 42.5 Å². The SMILES string of the molecule is Cc1ccc(C(=O)CC2(c3ccccc3)CC2)cc1-c1cc(F)n2nc(-c3ccc(F)cc3)c(C(=O)N(C)C(=O)OC(C)(C)C)c2c1. The molecule has 0 unspecified atom stereocenters. The molecule has 1 aliphatic rings. The summed E-state index contributed by atoms with van der Waals surface area (Å²) in [6, 6.07) is 23.6. The monoisotopic (exact) mass is 635 g/mol. The van der Waals surface area contributed by atoms with E-state index < -0.39 is 29.4 Å². The summed E-state index contributed by atoms with van der Waals surface area (Å²) in [7, 11) is 1.27.